The van der Waals surface area contributed by atoms with Crippen LogP contribution in [-0.2, 0) is 23.8 Å². The molecular formula is C10H13Cl2NO5S2. The Morgan fingerprint density at radius 2 is 1.85 bits per heavy atom. The van der Waals surface area contributed by atoms with Crippen molar-refractivity contribution >= 4 is 47.0 Å². The second kappa shape index (κ2) is 6.48. The molecule has 1 N–H and O–H groups in total. The molecule has 10 heteroatoms. The Hall–Kier alpha value is -0.540. The third-order valence-corrected chi connectivity index (χ3v) is 5.21. The molecule has 0 aliphatic heterocycles. The molecule has 0 radical (unpaired) electrons. The zero-order valence-electron chi connectivity index (χ0n) is 10.7. The smallest absolute Gasteiger partial charge is 0.261 e. The van der Waals surface area contributed by atoms with Gasteiger partial charge in [-0.2, -0.15) is 0 Å². The number of ether oxygens (including phenoxy) is 1. The van der Waals surface area contributed by atoms with Crippen LogP contribution in [0.4, 0.5) is 5.69 Å². The summed E-state index contributed by atoms with van der Waals surface area (Å²) in [5.41, 5.74) is 0.463. The van der Waals surface area contributed by atoms with Gasteiger partial charge in [-0.05, 0) is 24.6 Å². The SMILES string of the molecule is COCCS(=O)(=O)Nc1c(C)cc(S(=O)(=O)Cl)cc1Cl. The van der Waals surface area contributed by atoms with E-state index in [1.54, 1.807) is 0 Å². The van der Waals surface area contributed by atoms with Gasteiger partial charge >= 0.3 is 0 Å². The fourth-order valence-electron chi connectivity index (χ4n) is 1.38. The van der Waals surface area contributed by atoms with Crippen LogP contribution in [-0.4, -0.2) is 36.3 Å². The Balaban J connectivity index is 3.16. The van der Waals surface area contributed by atoms with Crippen LogP contribution >= 0.6 is 22.3 Å². The van der Waals surface area contributed by atoms with Crippen molar-refractivity contribution in [3.63, 3.8) is 0 Å². The van der Waals surface area contributed by atoms with E-state index >= 15 is 0 Å². The first-order valence-electron chi connectivity index (χ1n) is 5.31. The molecule has 114 valence electrons. The number of aryl methyl sites for hydroxylation is 1. The maximum atomic E-state index is 11.8. The van der Waals surface area contributed by atoms with Gasteiger partial charge in [0.15, 0.2) is 0 Å². The number of halogens is 2. The van der Waals surface area contributed by atoms with Crippen molar-refractivity contribution in [3.05, 3.63) is 22.7 Å². The molecule has 0 saturated heterocycles. The molecule has 1 aromatic carbocycles. The van der Waals surface area contributed by atoms with Crippen LogP contribution in [0.15, 0.2) is 17.0 Å². The molecule has 1 aromatic rings. The van der Waals surface area contributed by atoms with E-state index in [0.29, 0.717) is 5.56 Å². The number of rotatable bonds is 6. The summed E-state index contributed by atoms with van der Waals surface area (Å²) < 4.78 is 52.9. The summed E-state index contributed by atoms with van der Waals surface area (Å²) in [6.07, 6.45) is 0. The van der Waals surface area contributed by atoms with E-state index in [-0.39, 0.29) is 28.0 Å². The summed E-state index contributed by atoms with van der Waals surface area (Å²) in [6.45, 7) is 1.55. The van der Waals surface area contributed by atoms with E-state index in [1.165, 1.54) is 20.1 Å². The highest BCUT2D eigenvalue weighted by molar-refractivity contribution is 8.13. The lowest BCUT2D eigenvalue weighted by molar-refractivity contribution is 0.217. The third kappa shape index (κ3) is 4.78. The summed E-state index contributed by atoms with van der Waals surface area (Å²) >= 11 is 5.90. The first-order valence-corrected chi connectivity index (χ1v) is 9.65. The van der Waals surface area contributed by atoms with E-state index in [2.05, 4.69) is 4.72 Å². The van der Waals surface area contributed by atoms with E-state index in [4.69, 9.17) is 27.0 Å². The van der Waals surface area contributed by atoms with Gasteiger partial charge in [0.2, 0.25) is 10.0 Å². The van der Waals surface area contributed by atoms with Crippen LogP contribution in [0.3, 0.4) is 0 Å². The summed E-state index contributed by atoms with van der Waals surface area (Å²) in [7, 11) is -0.966. The summed E-state index contributed by atoms with van der Waals surface area (Å²) in [5.74, 6) is -0.241. The van der Waals surface area contributed by atoms with E-state index in [9.17, 15) is 16.8 Å². The van der Waals surface area contributed by atoms with Gasteiger partial charge in [0.25, 0.3) is 9.05 Å². The van der Waals surface area contributed by atoms with Gasteiger partial charge in [-0.15, -0.1) is 0 Å². The monoisotopic (exact) mass is 361 g/mol. The zero-order chi connectivity index (χ0) is 15.6. The molecule has 0 aliphatic carbocycles. The molecule has 0 saturated carbocycles. The Labute approximate surface area is 127 Å². The highest BCUT2D eigenvalue weighted by Crippen LogP contribution is 2.31. The minimum absolute atomic E-state index is 0.0279. The number of methoxy groups -OCH3 is 1. The topological polar surface area (TPSA) is 89.5 Å². The first-order chi connectivity index (χ1) is 9.07. The van der Waals surface area contributed by atoms with Crippen molar-refractivity contribution in [2.75, 3.05) is 24.2 Å². The van der Waals surface area contributed by atoms with Gasteiger partial charge in [-0.25, -0.2) is 16.8 Å². The molecule has 0 fully saturated rings. The molecule has 0 atom stereocenters. The molecule has 0 spiro atoms. The molecule has 0 heterocycles. The van der Waals surface area contributed by atoms with Gasteiger partial charge < -0.3 is 4.74 Å². The van der Waals surface area contributed by atoms with Gasteiger partial charge in [0, 0.05) is 17.8 Å². The molecule has 6 nitrogen and oxygen atoms in total. The van der Waals surface area contributed by atoms with Crippen molar-refractivity contribution in [1.82, 2.24) is 0 Å². The average Bonchev–Trinajstić information content (AvgIpc) is 2.30. The van der Waals surface area contributed by atoms with E-state index in [0.717, 1.165) is 6.07 Å². The van der Waals surface area contributed by atoms with E-state index < -0.39 is 19.1 Å². The highest BCUT2D eigenvalue weighted by Gasteiger charge is 2.18. The van der Waals surface area contributed by atoms with Crippen LogP contribution < -0.4 is 4.72 Å². The second-order valence-corrected chi connectivity index (χ2v) is 8.76. The lowest BCUT2D eigenvalue weighted by atomic mass is 10.2. The van der Waals surface area contributed by atoms with Gasteiger partial charge in [0.1, 0.15) is 0 Å². The van der Waals surface area contributed by atoms with Crippen LogP contribution in [0.1, 0.15) is 5.56 Å². The largest absolute Gasteiger partial charge is 0.384 e. The predicted molar refractivity (Wildman–Crippen MR) is 78.5 cm³/mol. The molecule has 0 aliphatic rings. The molecule has 0 amide bonds. The number of hydrogen-bond donors (Lipinski definition) is 1. The Bertz CT molecular complexity index is 677. The van der Waals surface area contributed by atoms with Crippen LogP contribution in [0.5, 0.6) is 0 Å². The standard InChI is InChI=1S/C10H13Cl2NO5S2/c1-7-5-8(20(12,16)17)6-9(11)10(7)13-19(14,15)4-3-18-2/h5-6,13H,3-4H2,1-2H3. The number of sulfonamides is 1. The number of hydrogen-bond acceptors (Lipinski definition) is 5. The number of nitrogens with one attached hydrogen (secondary N) is 1. The Morgan fingerprint density at radius 1 is 1.25 bits per heavy atom. The van der Waals surface area contributed by atoms with Crippen LogP contribution in [0.25, 0.3) is 0 Å². The number of benzene rings is 1. The summed E-state index contributed by atoms with van der Waals surface area (Å²) in [5, 5.41) is -0.0507. The molecule has 20 heavy (non-hydrogen) atoms. The lowest BCUT2D eigenvalue weighted by Gasteiger charge is -2.13. The van der Waals surface area contributed by atoms with Crippen molar-refractivity contribution in [1.29, 1.82) is 0 Å². The number of anilines is 1. The van der Waals surface area contributed by atoms with Crippen molar-refractivity contribution in [2.45, 2.75) is 11.8 Å². The average molecular weight is 362 g/mol. The van der Waals surface area contributed by atoms with Gasteiger partial charge in [-0.3, -0.25) is 4.72 Å². The summed E-state index contributed by atoms with van der Waals surface area (Å²) in [6, 6.07) is 2.33. The molecular weight excluding hydrogens is 349 g/mol. The highest BCUT2D eigenvalue weighted by atomic mass is 35.7. The van der Waals surface area contributed by atoms with E-state index in [1.807, 2.05) is 0 Å². The molecule has 0 unspecified atom stereocenters. The minimum atomic E-state index is -3.93. The Morgan fingerprint density at radius 3 is 2.30 bits per heavy atom. The van der Waals surface area contributed by atoms with Crippen molar-refractivity contribution < 1.29 is 21.6 Å². The Kier molecular flexibility index (Phi) is 5.68. The van der Waals surface area contributed by atoms with Gasteiger partial charge in [-0.1, -0.05) is 11.6 Å². The maximum Gasteiger partial charge on any atom is 0.261 e. The quantitative estimate of drug-likeness (QED) is 0.782. The van der Waals surface area contributed by atoms with Gasteiger partial charge in [0.05, 0.1) is 28.0 Å². The lowest BCUT2D eigenvalue weighted by Crippen LogP contribution is -2.20. The zero-order valence-corrected chi connectivity index (χ0v) is 13.8. The van der Waals surface area contributed by atoms with Crippen molar-refractivity contribution in [2.24, 2.45) is 0 Å². The molecule has 0 aromatic heterocycles. The third-order valence-electron chi connectivity index (χ3n) is 2.36. The molecule has 1 rings (SSSR count). The predicted octanol–water partition coefficient (Wildman–Crippen LogP) is 1.96. The fraction of sp³-hybridized carbons (Fsp3) is 0.400. The van der Waals surface area contributed by atoms with Crippen molar-refractivity contribution in [3.8, 4) is 0 Å². The fourth-order valence-corrected chi connectivity index (χ4v) is 3.73. The second-order valence-electron chi connectivity index (χ2n) is 3.95. The molecule has 0 bridgehead atoms. The van der Waals surface area contributed by atoms with Crippen LogP contribution in [0.2, 0.25) is 5.02 Å². The summed E-state index contributed by atoms with van der Waals surface area (Å²) in [4.78, 5) is -0.193. The maximum absolute atomic E-state index is 11.8. The normalized spacial score (nSPS) is 12.4. The first kappa shape index (κ1) is 17.5. The minimum Gasteiger partial charge on any atom is -0.384 e. The van der Waals surface area contributed by atoms with Crippen LogP contribution in [0, 0.1) is 6.92 Å².